The molecule has 0 unspecified atom stereocenters. The molecular formula is C27H24N6S. The minimum absolute atomic E-state index is 0.811. The third-order valence-corrected chi connectivity index (χ3v) is 7.05. The van der Waals surface area contributed by atoms with Crippen molar-refractivity contribution in [1.29, 1.82) is 0 Å². The molecule has 6 nitrogen and oxygen atoms in total. The molecule has 0 radical (unpaired) electrons. The van der Waals surface area contributed by atoms with Gasteiger partial charge in [-0.15, -0.1) is 11.3 Å². The number of hydrogen-bond acceptors (Lipinski definition) is 5. The second-order valence-corrected chi connectivity index (χ2v) is 9.70. The van der Waals surface area contributed by atoms with E-state index in [1.54, 1.807) is 11.3 Å². The molecule has 6 rings (SSSR count). The van der Waals surface area contributed by atoms with Crippen molar-refractivity contribution in [3.8, 4) is 33.1 Å². The van der Waals surface area contributed by atoms with Gasteiger partial charge in [0.1, 0.15) is 5.69 Å². The molecule has 0 fully saturated rings. The maximum Gasteiger partial charge on any atom is 0.116 e. The monoisotopic (exact) mass is 464 g/mol. The van der Waals surface area contributed by atoms with Crippen molar-refractivity contribution in [3.05, 3.63) is 77.6 Å². The maximum atomic E-state index is 4.68. The van der Waals surface area contributed by atoms with Gasteiger partial charge in [0.05, 0.1) is 21.8 Å². The van der Waals surface area contributed by atoms with Gasteiger partial charge in [0, 0.05) is 51.9 Å². The van der Waals surface area contributed by atoms with Crippen LogP contribution in [0.25, 0.3) is 54.9 Å². The first-order valence-electron chi connectivity index (χ1n) is 11.4. The Bertz CT molecular complexity index is 1620. The number of nitrogens with one attached hydrogen (secondary N) is 3. The van der Waals surface area contributed by atoms with Crippen LogP contribution in [-0.2, 0) is 6.54 Å². The summed E-state index contributed by atoms with van der Waals surface area (Å²) >= 11 is 1.76. The Balaban J connectivity index is 1.44. The molecule has 34 heavy (non-hydrogen) atoms. The van der Waals surface area contributed by atoms with Crippen LogP contribution in [0.4, 0.5) is 0 Å². The molecule has 1 aromatic carbocycles. The molecule has 0 atom stereocenters. The molecule has 168 valence electrons. The van der Waals surface area contributed by atoms with Gasteiger partial charge in [-0.2, -0.15) is 5.10 Å². The number of aromatic nitrogens is 5. The summed E-state index contributed by atoms with van der Waals surface area (Å²) in [5.41, 5.74) is 8.32. The molecule has 0 bridgehead atoms. The number of hydrogen-bond donors (Lipinski definition) is 3. The quantitative estimate of drug-likeness (QED) is 0.270. The van der Waals surface area contributed by atoms with E-state index >= 15 is 0 Å². The van der Waals surface area contributed by atoms with Crippen LogP contribution < -0.4 is 5.32 Å². The van der Waals surface area contributed by atoms with Crippen LogP contribution in [-0.4, -0.2) is 31.7 Å². The Morgan fingerprint density at radius 2 is 1.82 bits per heavy atom. The van der Waals surface area contributed by atoms with Crippen molar-refractivity contribution in [2.24, 2.45) is 0 Å². The standard InChI is InChI=1S/C27H24N6S/c1-3-28-13-17-10-19(15-29-14-17)18-5-6-23-20(11-18)26(33-32-23)24-12-21-22(31-24)8-9-30-27(21)25-7-4-16(2)34-25/h4-12,14-15,28,31H,3,13H2,1-2H3,(H,32,33). The van der Waals surface area contributed by atoms with Crippen LogP contribution in [0.2, 0.25) is 0 Å². The van der Waals surface area contributed by atoms with E-state index in [0.717, 1.165) is 63.1 Å². The summed E-state index contributed by atoms with van der Waals surface area (Å²) in [5.74, 6) is 0. The summed E-state index contributed by atoms with van der Waals surface area (Å²) in [6.45, 7) is 5.97. The number of rotatable bonds is 6. The molecule has 3 N–H and O–H groups in total. The highest BCUT2D eigenvalue weighted by Gasteiger charge is 2.15. The number of aryl methyl sites for hydroxylation is 1. The van der Waals surface area contributed by atoms with E-state index in [0.29, 0.717) is 0 Å². The number of nitrogens with zero attached hydrogens (tertiary/aromatic N) is 3. The number of H-pyrrole nitrogens is 2. The zero-order valence-corrected chi connectivity index (χ0v) is 19.8. The van der Waals surface area contributed by atoms with Gasteiger partial charge in [-0.25, -0.2) is 0 Å². The molecule has 0 saturated carbocycles. The fraction of sp³-hybridized carbons (Fsp3) is 0.148. The lowest BCUT2D eigenvalue weighted by Crippen LogP contribution is -2.11. The van der Waals surface area contributed by atoms with Crippen LogP contribution >= 0.6 is 11.3 Å². The van der Waals surface area contributed by atoms with Crippen LogP contribution in [0.1, 0.15) is 17.4 Å². The van der Waals surface area contributed by atoms with Gasteiger partial charge in [0.25, 0.3) is 0 Å². The van der Waals surface area contributed by atoms with E-state index in [1.807, 2.05) is 24.7 Å². The Morgan fingerprint density at radius 3 is 2.68 bits per heavy atom. The van der Waals surface area contributed by atoms with Gasteiger partial charge in [-0.05, 0) is 67.1 Å². The molecule has 0 aliphatic heterocycles. The van der Waals surface area contributed by atoms with Crippen molar-refractivity contribution in [2.75, 3.05) is 6.54 Å². The number of thiophene rings is 1. The Labute approximate surface area is 201 Å². The number of benzene rings is 1. The summed E-state index contributed by atoms with van der Waals surface area (Å²) < 4.78 is 0. The van der Waals surface area contributed by atoms with Crippen LogP contribution in [0.3, 0.4) is 0 Å². The van der Waals surface area contributed by atoms with Crippen LogP contribution in [0, 0.1) is 6.92 Å². The minimum Gasteiger partial charge on any atom is -0.353 e. The van der Waals surface area contributed by atoms with Crippen LogP contribution in [0.15, 0.2) is 67.1 Å². The third kappa shape index (κ3) is 3.69. The van der Waals surface area contributed by atoms with Gasteiger partial charge in [-0.1, -0.05) is 13.0 Å². The normalized spacial score (nSPS) is 11.6. The second kappa shape index (κ2) is 8.52. The SMILES string of the molecule is CCNCc1cncc(-c2ccc3[nH]nc(-c4cc5c(-c6ccc(C)s6)nccc5[nH]4)c3c2)c1. The Morgan fingerprint density at radius 1 is 0.912 bits per heavy atom. The van der Waals surface area contributed by atoms with E-state index in [2.05, 4.69) is 86.8 Å². The van der Waals surface area contributed by atoms with E-state index in [1.165, 1.54) is 15.3 Å². The Kier molecular flexibility index (Phi) is 5.20. The largest absolute Gasteiger partial charge is 0.353 e. The van der Waals surface area contributed by atoms with Crippen molar-refractivity contribution >= 4 is 33.1 Å². The number of fused-ring (bicyclic) bond motifs is 2. The summed E-state index contributed by atoms with van der Waals surface area (Å²) in [7, 11) is 0. The van der Waals surface area contributed by atoms with Gasteiger partial charge >= 0.3 is 0 Å². The Hall–Kier alpha value is -3.81. The topological polar surface area (TPSA) is 82.3 Å². The zero-order chi connectivity index (χ0) is 23.1. The van der Waals surface area contributed by atoms with E-state index < -0.39 is 0 Å². The predicted octanol–water partition coefficient (Wildman–Crippen LogP) is 6.31. The highest BCUT2D eigenvalue weighted by Crippen LogP contribution is 2.36. The minimum atomic E-state index is 0.811. The van der Waals surface area contributed by atoms with Gasteiger partial charge < -0.3 is 10.3 Å². The summed E-state index contributed by atoms with van der Waals surface area (Å²) in [6, 6.07) is 17.0. The van der Waals surface area contributed by atoms with E-state index in [-0.39, 0.29) is 0 Å². The maximum absolute atomic E-state index is 4.68. The van der Waals surface area contributed by atoms with Gasteiger partial charge in [-0.3, -0.25) is 15.1 Å². The number of aromatic amines is 2. The van der Waals surface area contributed by atoms with Crippen molar-refractivity contribution < 1.29 is 0 Å². The second-order valence-electron chi connectivity index (χ2n) is 8.41. The molecule has 0 aliphatic rings. The number of pyridine rings is 2. The first-order valence-corrected chi connectivity index (χ1v) is 12.2. The average Bonchev–Trinajstić information content (AvgIpc) is 3.59. The van der Waals surface area contributed by atoms with E-state index in [9.17, 15) is 0 Å². The predicted molar refractivity (Wildman–Crippen MR) is 140 cm³/mol. The van der Waals surface area contributed by atoms with Crippen molar-refractivity contribution in [3.63, 3.8) is 0 Å². The van der Waals surface area contributed by atoms with Gasteiger partial charge in [0.15, 0.2) is 0 Å². The molecular weight excluding hydrogens is 440 g/mol. The summed E-state index contributed by atoms with van der Waals surface area (Å²) in [4.78, 5) is 15.1. The lowest BCUT2D eigenvalue weighted by molar-refractivity contribution is 0.724. The third-order valence-electron chi connectivity index (χ3n) is 6.05. The smallest absolute Gasteiger partial charge is 0.116 e. The van der Waals surface area contributed by atoms with E-state index in [4.69, 9.17) is 0 Å². The van der Waals surface area contributed by atoms with Crippen molar-refractivity contribution in [1.82, 2.24) is 30.5 Å². The first kappa shape index (κ1) is 20.8. The molecule has 0 saturated heterocycles. The molecule has 5 heterocycles. The molecule has 6 aromatic rings. The summed E-state index contributed by atoms with van der Waals surface area (Å²) in [5, 5.41) is 13.4. The molecule has 0 spiro atoms. The molecule has 5 aromatic heterocycles. The van der Waals surface area contributed by atoms with Crippen LogP contribution in [0.5, 0.6) is 0 Å². The average molecular weight is 465 g/mol. The van der Waals surface area contributed by atoms with Crippen molar-refractivity contribution in [2.45, 2.75) is 20.4 Å². The first-order chi connectivity index (χ1) is 16.7. The molecule has 7 heteroatoms. The van der Waals surface area contributed by atoms with Gasteiger partial charge in [0.2, 0.25) is 0 Å². The molecule has 0 aliphatic carbocycles. The highest BCUT2D eigenvalue weighted by atomic mass is 32.1. The lowest BCUT2D eigenvalue weighted by Gasteiger charge is -2.06. The fourth-order valence-corrected chi connectivity index (χ4v) is 5.23. The lowest BCUT2D eigenvalue weighted by atomic mass is 10.0. The molecule has 0 amide bonds. The highest BCUT2D eigenvalue weighted by molar-refractivity contribution is 7.15. The summed E-state index contributed by atoms with van der Waals surface area (Å²) in [6.07, 6.45) is 5.70. The zero-order valence-electron chi connectivity index (χ0n) is 19.0. The fourth-order valence-electron chi connectivity index (χ4n) is 4.35.